The third kappa shape index (κ3) is 1.61. The third-order valence-corrected chi connectivity index (χ3v) is 3.12. The summed E-state index contributed by atoms with van der Waals surface area (Å²) in [4.78, 5) is 0. The van der Waals surface area contributed by atoms with Crippen LogP contribution in [0.4, 0.5) is 0 Å². The van der Waals surface area contributed by atoms with E-state index in [2.05, 4.69) is 37.5 Å². The molecule has 0 saturated carbocycles. The van der Waals surface area contributed by atoms with E-state index >= 15 is 0 Å². The lowest BCUT2D eigenvalue weighted by atomic mass is 9.86. The van der Waals surface area contributed by atoms with Crippen molar-refractivity contribution in [3.63, 3.8) is 0 Å². The van der Waals surface area contributed by atoms with Crippen molar-refractivity contribution in [1.82, 2.24) is 5.32 Å². The van der Waals surface area contributed by atoms with Crippen molar-refractivity contribution in [2.45, 2.75) is 32.2 Å². The molecule has 1 aromatic carbocycles. The average Bonchev–Trinajstić information content (AvgIpc) is 2.18. The molecule has 0 aliphatic heterocycles. The summed E-state index contributed by atoms with van der Waals surface area (Å²) in [6.45, 7) is 2.22. The maximum atomic E-state index is 3.36. The molecule has 0 bridgehead atoms. The van der Waals surface area contributed by atoms with E-state index in [9.17, 15) is 0 Å². The fourth-order valence-corrected chi connectivity index (χ4v) is 2.24. The number of fused-ring (bicyclic) bond motifs is 1. The Hall–Kier alpha value is -0.820. The van der Waals surface area contributed by atoms with E-state index in [0.717, 1.165) is 0 Å². The number of benzene rings is 1. The zero-order chi connectivity index (χ0) is 9.26. The minimum atomic E-state index is 0.689. The molecule has 0 aromatic heterocycles. The van der Waals surface area contributed by atoms with Gasteiger partial charge in [0.15, 0.2) is 0 Å². The number of hydrogen-bond donors (Lipinski definition) is 1. The lowest BCUT2D eigenvalue weighted by Gasteiger charge is -2.25. The largest absolute Gasteiger partial charge is 0.317 e. The predicted molar refractivity (Wildman–Crippen MR) is 56.1 cm³/mol. The molecule has 0 saturated heterocycles. The van der Waals surface area contributed by atoms with Crippen LogP contribution in [0.1, 0.15) is 23.1 Å². The number of aryl methyl sites for hydroxylation is 1. The fraction of sp³-hybridized carbons (Fsp3) is 0.500. The minimum Gasteiger partial charge on any atom is -0.317 e. The van der Waals surface area contributed by atoms with E-state index < -0.39 is 0 Å². The van der Waals surface area contributed by atoms with Crippen LogP contribution in [0.3, 0.4) is 0 Å². The van der Waals surface area contributed by atoms with Crippen LogP contribution in [0.2, 0.25) is 0 Å². The highest BCUT2D eigenvalue weighted by Crippen LogP contribution is 2.23. The second kappa shape index (κ2) is 3.51. The maximum Gasteiger partial charge on any atom is 0.0108 e. The van der Waals surface area contributed by atoms with Gasteiger partial charge in [-0.15, -0.1) is 0 Å². The quantitative estimate of drug-likeness (QED) is 0.689. The lowest BCUT2D eigenvalue weighted by Crippen LogP contribution is -2.31. The van der Waals surface area contributed by atoms with Crippen LogP contribution < -0.4 is 5.32 Å². The van der Waals surface area contributed by atoms with E-state index in [4.69, 9.17) is 0 Å². The van der Waals surface area contributed by atoms with Crippen molar-refractivity contribution in [2.75, 3.05) is 7.05 Å². The Bertz CT molecular complexity index is 304. The summed E-state index contributed by atoms with van der Waals surface area (Å²) < 4.78 is 0. The molecule has 1 unspecified atom stereocenters. The molecule has 0 spiro atoms. The molecule has 13 heavy (non-hydrogen) atoms. The summed E-state index contributed by atoms with van der Waals surface area (Å²) in [5, 5.41) is 3.36. The summed E-state index contributed by atoms with van der Waals surface area (Å²) in [5.74, 6) is 0. The first kappa shape index (κ1) is 8.76. The molecule has 70 valence electrons. The number of rotatable bonds is 1. The van der Waals surface area contributed by atoms with E-state index in [1.54, 1.807) is 11.1 Å². The van der Waals surface area contributed by atoms with Crippen LogP contribution in [0.15, 0.2) is 18.2 Å². The van der Waals surface area contributed by atoms with Crippen molar-refractivity contribution < 1.29 is 0 Å². The van der Waals surface area contributed by atoms with Gasteiger partial charge in [0, 0.05) is 6.04 Å². The first-order valence-corrected chi connectivity index (χ1v) is 5.06. The topological polar surface area (TPSA) is 12.0 Å². The van der Waals surface area contributed by atoms with Gasteiger partial charge in [-0.1, -0.05) is 18.2 Å². The van der Waals surface area contributed by atoms with Crippen molar-refractivity contribution in [3.05, 3.63) is 34.9 Å². The summed E-state index contributed by atoms with van der Waals surface area (Å²) in [6, 6.07) is 7.35. The van der Waals surface area contributed by atoms with Gasteiger partial charge in [0.1, 0.15) is 0 Å². The minimum absolute atomic E-state index is 0.689. The van der Waals surface area contributed by atoms with Crippen molar-refractivity contribution in [2.24, 2.45) is 0 Å². The Balaban J connectivity index is 2.31. The van der Waals surface area contributed by atoms with Crippen molar-refractivity contribution >= 4 is 0 Å². The molecule has 1 aliphatic carbocycles. The lowest BCUT2D eigenvalue weighted by molar-refractivity contribution is 0.495. The molecule has 1 N–H and O–H groups in total. The Morgan fingerprint density at radius 1 is 1.38 bits per heavy atom. The Kier molecular flexibility index (Phi) is 2.36. The fourth-order valence-electron chi connectivity index (χ4n) is 2.24. The first-order chi connectivity index (χ1) is 6.31. The molecule has 1 aromatic rings. The van der Waals surface area contributed by atoms with Gasteiger partial charge >= 0.3 is 0 Å². The van der Waals surface area contributed by atoms with E-state index in [0.29, 0.717) is 6.04 Å². The molecule has 0 fully saturated rings. The van der Waals surface area contributed by atoms with Crippen LogP contribution >= 0.6 is 0 Å². The molecular formula is C12H17N. The second-order valence-electron chi connectivity index (χ2n) is 3.94. The smallest absolute Gasteiger partial charge is 0.0108 e. The monoisotopic (exact) mass is 175 g/mol. The van der Waals surface area contributed by atoms with Crippen molar-refractivity contribution in [3.8, 4) is 0 Å². The van der Waals surface area contributed by atoms with Gasteiger partial charge in [-0.05, 0) is 49.9 Å². The molecule has 1 atom stereocenters. The molecule has 1 heteroatoms. The highest BCUT2D eigenvalue weighted by atomic mass is 14.9. The summed E-state index contributed by atoms with van der Waals surface area (Å²) >= 11 is 0. The normalized spacial score (nSPS) is 21.2. The Morgan fingerprint density at radius 2 is 2.23 bits per heavy atom. The van der Waals surface area contributed by atoms with Crippen LogP contribution in [0, 0.1) is 6.92 Å². The summed E-state index contributed by atoms with van der Waals surface area (Å²) in [7, 11) is 2.06. The summed E-state index contributed by atoms with van der Waals surface area (Å²) in [6.07, 6.45) is 3.73. The van der Waals surface area contributed by atoms with Crippen LogP contribution in [-0.2, 0) is 12.8 Å². The van der Waals surface area contributed by atoms with Gasteiger partial charge in [0.05, 0.1) is 0 Å². The van der Waals surface area contributed by atoms with Gasteiger partial charge in [0.2, 0.25) is 0 Å². The number of nitrogens with one attached hydrogen (secondary N) is 1. The van der Waals surface area contributed by atoms with Crippen LogP contribution in [0.25, 0.3) is 0 Å². The predicted octanol–water partition coefficient (Wildman–Crippen LogP) is 2.07. The first-order valence-electron chi connectivity index (χ1n) is 5.06. The molecule has 0 radical (unpaired) electrons. The Morgan fingerprint density at radius 3 is 3.00 bits per heavy atom. The van der Waals surface area contributed by atoms with E-state index in [-0.39, 0.29) is 0 Å². The van der Waals surface area contributed by atoms with Gasteiger partial charge < -0.3 is 5.32 Å². The third-order valence-electron chi connectivity index (χ3n) is 3.12. The van der Waals surface area contributed by atoms with Crippen LogP contribution in [0.5, 0.6) is 0 Å². The zero-order valence-corrected chi connectivity index (χ0v) is 8.43. The average molecular weight is 175 g/mol. The Labute approximate surface area is 80.2 Å². The molecule has 0 heterocycles. The van der Waals surface area contributed by atoms with Crippen molar-refractivity contribution in [1.29, 1.82) is 0 Å². The van der Waals surface area contributed by atoms with E-state index in [1.807, 2.05) is 0 Å². The maximum absolute atomic E-state index is 3.36. The van der Waals surface area contributed by atoms with Gasteiger partial charge in [-0.3, -0.25) is 0 Å². The number of likely N-dealkylation sites (N-methyl/N-ethyl adjacent to an activating group) is 1. The van der Waals surface area contributed by atoms with Gasteiger partial charge in [-0.2, -0.15) is 0 Å². The molecule has 1 aliphatic rings. The highest BCUT2D eigenvalue weighted by molar-refractivity contribution is 5.36. The molecule has 2 rings (SSSR count). The standard InChI is InChI=1S/C12H17N/c1-9-4-3-5-10-8-11(13-2)6-7-12(9)10/h3-5,11,13H,6-8H2,1-2H3. The highest BCUT2D eigenvalue weighted by Gasteiger charge is 2.17. The van der Waals surface area contributed by atoms with Gasteiger partial charge in [0.25, 0.3) is 0 Å². The number of hydrogen-bond acceptors (Lipinski definition) is 1. The molecule has 0 amide bonds. The molecule has 1 nitrogen and oxygen atoms in total. The van der Waals surface area contributed by atoms with Gasteiger partial charge in [-0.25, -0.2) is 0 Å². The van der Waals surface area contributed by atoms with Crippen LogP contribution in [-0.4, -0.2) is 13.1 Å². The SMILES string of the molecule is CNC1CCc2c(C)cccc2C1. The summed E-state index contributed by atoms with van der Waals surface area (Å²) in [5.41, 5.74) is 4.60. The zero-order valence-electron chi connectivity index (χ0n) is 8.43. The molecular weight excluding hydrogens is 158 g/mol. The van der Waals surface area contributed by atoms with E-state index in [1.165, 1.54) is 24.8 Å². The second-order valence-corrected chi connectivity index (χ2v) is 3.94.